The van der Waals surface area contributed by atoms with Gasteiger partial charge in [-0.3, -0.25) is 14.3 Å². The number of hydrogen-bond acceptors (Lipinski definition) is 6. The number of aromatic nitrogens is 4. The zero-order valence-corrected chi connectivity index (χ0v) is 18.5. The Morgan fingerprint density at radius 2 is 2.00 bits per heavy atom. The third-order valence-electron chi connectivity index (χ3n) is 5.89. The third-order valence-corrected chi connectivity index (χ3v) is 6.06. The summed E-state index contributed by atoms with van der Waals surface area (Å²) in [7, 11) is 1.77. The van der Waals surface area contributed by atoms with Crippen molar-refractivity contribution >= 4 is 29.1 Å². The minimum Gasteiger partial charge on any atom is -0.383 e. The standard InChI is InChI=1S/C21H29ClN6O2/c1-13(10-18(29)16-11-24-27(3)12-16)20(30)28-8-6-15(7-9-28)4-5-17-14(2)25-21(22)26-19(17)23/h11-13,15H,4-10H2,1-3H3,(H2,23,25,26)/t13-/m1/s1. The largest absolute Gasteiger partial charge is 0.383 e. The van der Waals surface area contributed by atoms with Crippen molar-refractivity contribution in [1.29, 1.82) is 0 Å². The van der Waals surface area contributed by atoms with Gasteiger partial charge in [0.2, 0.25) is 11.2 Å². The summed E-state index contributed by atoms with van der Waals surface area (Å²) in [6.45, 7) is 5.17. The van der Waals surface area contributed by atoms with E-state index in [1.54, 1.807) is 24.1 Å². The van der Waals surface area contributed by atoms with Gasteiger partial charge in [0.15, 0.2) is 5.78 Å². The minimum atomic E-state index is -0.331. The first kappa shape index (κ1) is 22.2. The summed E-state index contributed by atoms with van der Waals surface area (Å²) in [5, 5.41) is 4.20. The van der Waals surface area contributed by atoms with Crippen LogP contribution in [0.25, 0.3) is 0 Å². The van der Waals surface area contributed by atoms with Crippen LogP contribution in [0.4, 0.5) is 5.82 Å². The zero-order valence-electron chi connectivity index (χ0n) is 17.8. The summed E-state index contributed by atoms with van der Waals surface area (Å²) in [6.07, 6.45) is 7.12. The lowest BCUT2D eigenvalue weighted by Gasteiger charge is -2.33. The van der Waals surface area contributed by atoms with E-state index in [2.05, 4.69) is 15.1 Å². The van der Waals surface area contributed by atoms with E-state index in [9.17, 15) is 9.59 Å². The van der Waals surface area contributed by atoms with Crippen LogP contribution in [0.3, 0.4) is 0 Å². The summed E-state index contributed by atoms with van der Waals surface area (Å²) in [6, 6.07) is 0. The number of rotatable bonds is 7. The number of nitrogens with zero attached hydrogens (tertiary/aromatic N) is 5. The van der Waals surface area contributed by atoms with Gasteiger partial charge in [-0.05, 0) is 50.1 Å². The second-order valence-electron chi connectivity index (χ2n) is 8.18. The van der Waals surface area contributed by atoms with Crippen LogP contribution in [0, 0.1) is 18.8 Å². The maximum Gasteiger partial charge on any atom is 0.225 e. The monoisotopic (exact) mass is 432 g/mol. The van der Waals surface area contributed by atoms with Gasteiger partial charge in [0.25, 0.3) is 0 Å². The van der Waals surface area contributed by atoms with Crippen LogP contribution in [0.2, 0.25) is 5.28 Å². The number of anilines is 1. The topological polar surface area (TPSA) is 107 Å². The van der Waals surface area contributed by atoms with Gasteiger partial charge < -0.3 is 10.6 Å². The molecule has 3 rings (SSSR count). The van der Waals surface area contributed by atoms with E-state index >= 15 is 0 Å². The number of carbonyl (C=O) groups excluding carboxylic acids is 2. The summed E-state index contributed by atoms with van der Waals surface area (Å²) in [5.41, 5.74) is 8.33. The maximum atomic E-state index is 12.8. The fourth-order valence-electron chi connectivity index (χ4n) is 4.04. The molecule has 0 aromatic carbocycles. The summed E-state index contributed by atoms with van der Waals surface area (Å²) >= 11 is 5.84. The molecule has 1 amide bonds. The SMILES string of the molecule is Cc1nc(Cl)nc(N)c1CCC1CCN(C(=O)[C@H](C)CC(=O)c2cnn(C)c2)CC1. The smallest absolute Gasteiger partial charge is 0.225 e. The van der Waals surface area contributed by atoms with E-state index < -0.39 is 0 Å². The van der Waals surface area contributed by atoms with Gasteiger partial charge in [-0.1, -0.05) is 6.92 Å². The maximum absolute atomic E-state index is 12.8. The van der Waals surface area contributed by atoms with Crippen LogP contribution >= 0.6 is 11.6 Å². The lowest BCUT2D eigenvalue weighted by Crippen LogP contribution is -2.41. The average molecular weight is 433 g/mol. The van der Waals surface area contributed by atoms with E-state index in [-0.39, 0.29) is 29.3 Å². The van der Waals surface area contributed by atoms with Gasteiger partial charge in [-0.25, -0.2) is 9.97 Å². The molecule has 2 aromatic rings. The number of carbonyl (C=O) groups is 2. The quantitative estimate of drug-likeness (QED) is 0.532. The number of hydrogen-bond donors (Lipinski definition) is 1. The molecule has 8 nitrogen and oxygen atoms in total. The number of nitrogens with two attached hydrogens (primary N) is 1. The fourth-order valence-corrected chi connectivity index (χ4v) is 4.26. The second-order valence-corrected chi connectivity index (χ2v) is 8.52. The number of piperidine rings is 1. The van der Waals surface area contributed by atoms with Crippen LogP contribution in [-0.4, -0.2) is 49.4 Å². The van der Waals surface area contributed by atoms with E-state index in [1.165, 1.54) is 0 Å². The van der Waals surface area contributed by atoms with Crippen molar-refractivity contribution in [1.82, 2.24) is 24.6 Å². The van der Waals surface area contributed by atoms with Crippen LogP contribution in [0.1, 0.15) is 54.2 Å². The number of Topliss-reactive ketones (excluding diaryl/α,β-unsaturated/α-hetero) is 1. The van der Waals surface area contributed by atoms with Crippen LogP contribution in [-0.2, 0) is 18.3 Å². The Morgan fingerprint density at radius 1 is 1.30 bits per heavy atom. The highest BCUT2D eigenvalue weighted by Crippen LogP contribution is 2.26. The Balaban J connectivity index is 1.46. The molecule has 30 heavy (non-hydrogen) atoms. The first-order chi connectivity index (χ1) is 14.2. The molecule has 162 valence electrons. The Labute approximate surface area is 181 Å². The van der Waals surface area contributed by atoms with Crippen molar-refractivity contribution in [2.45, 2.75) is 46.0 Å². The van der Waals surface area contributed by atoms with E-state index in [4.69, 9.17) is 17.3 Å². The van der Waals surface area contributed by atoms with Crippen molar-refractivity contribution in [3.05, 3.63) is 34.5 Å². The lowest BCUT2D eigenvalue weighted by molar-refractivity contribution is -0.136. The minimum absolute atomic E-state index is 0.0445. The second kappa shape index (κ2) is 9.55. The number of nitrogen functional groups attached to an aromatic ring is 1. The van der Waals surface area contributed by atoms with Crippen LogP contribution in [0.15, 0.2) is 12.4 Å². The molecule has 1 aliphatic rings. The normalized spacial score (nSPS) is 15.9. The Bertz CT molecular complexity index is 897. The van der Waals surface area contributed by atoms with Gasteiger partial charge in [0.05, 0.1) is 11.8 Å². The molecule has 2 N–H and O–H groups in total. The predicted octanol–water partition coefficient (Wildman–Crippen LogP) is 2.83. The molecule has 1 aliphatic heterocycles. The number of amides is 1. The Hall–Kier alpha value is -2.48. The van der Waals surface area contributed by atoms with E-state index in [1.807, 2.05) is 18.7 Å². The molecule has 1 atom stereocenters. The Morgan fingerprint density at radius 3 is 2.60 bits per heavy atom. The van der Waals surface area contributed by atoms with Crippen LogP contribution in [0.5, 0.6) is 0 Å². The molecule has 0 bridgehead atoms. The van der Waals surface area contributed by atoms with E-state index in [0.717, 1.165) is 50.0 Å². The highest BCUT2D eigenvalue weighted by atomic mass is 35.5. The van der Waals surface area contributed by atoms with Gasteiger partial charge >= 0.3 is 0 Å². The summed E-state index contributed by atoms with van der Waals surface area (Å²) < 4.78 is 1.59. The fraction of sp³-hybridized carbons (Fsp3) is 0.571. The van der Waals surface area contributed by atoms with Crippen molar-refractivity contribution in [2.75, 3.05) is 18.8 Å². The van der Waals surface area contributed by atoms with Gasteiger partial charge in [0.1, 0.15) is 5.82 Å². The number of aryl methyl sites for hydroxylation is 2. The van der Waals surface area contributed by atoms with Gasteiger partial charge in [-0.15, -0.1) is 0 Å². The molecular formula is C21H29ClN6O2. The zero-order chi connectivity index (χ0) is 21.8. The molecule has 0 unspecified atom stereocenters. The molecule has 1 saturated heterocycles. The highest BCUT2D eigenvalue weighted by Gasteiger charge is 2.27. The summed E-state index contributed by atoms with van der Waals surface area (Å²) in [5.74, 6) is 0.653. The highest BCUT2D eigenvalue weighted by molar-refractivity contribution is 6.28. The number of likely N-dealkylation sites (tertiary alicyclic amines) is 1. The van der Waals surface area contributed by atoms with E-state index in [0.29, 0.717) is 17.3 Å². The van der Waals surface area contributed by atoms with Gasteiger partial charge in [0, 0.05) is 49.9 Å². The first-order valence-electron chi connectivity index (χ1n) is 10.3. The molecule has 0 aliphatic carbocycles. The average Bonchev–Trinajstić information content (AvgIpc) is 3.13. The molecule has 1 fully saturated rings. The van der Waals surface area contributed by atoms with Crippen LogP contribution < -0.4 is 5.73 Å². The number of ketones is 1. The molecule has 0 saturated carbocycles. The van der Waals surface area contributed by atoms with Crippen molar-refractivity contribution < 1.29 is 9.59 Å². The molecule has 2 aromatic heterocycles. The van der Waals surface area contributed by atoms with Crippen molar-refractivity contribution in [3.63, 3.8) is 0 Å². The number of halogens is 1. The van der Waals surface area contributed by atoms with Crippen molar-refractivity contribution in [2.24, 2.45) is 18.9 Å². The van der Waals surface area contributed by atoms with Crippen molar-refractivity contribution in [3.8, 4) is 0 Å². The predicted molar refractivity (Wildman–Crippen MR) is 115 cm³/mol. The molecular weight excluding hydrogens is 404 g/mol. The van der Waals surface area contributed by atoms with Gasteiger partial charge in [-0.2, -0.15) is 5.10 Å². The lowest BCUT2D eigenvalue weighted by atomic mass is 9.89. The first-order valence-corrected chi connectivity index (χ1v) is 10.7. The Kier molecular flexibility index (Phi) is 7.07. The molecule has 3 heterocycles. The summed E-state index contributed by atoms with van der Waals surface area (Å²) in [4.78, 5) is 35.3. The molecule has 0 spiro atoms. The molecule has 9 heteroatoms. The molecule has 0 radical (unpaired) electrons. The third kappa shape index (κ3) is 5.36.